The van der Waals surface area contributed by atoms with E-state index in [2.05, 4.69) is 40.7 Å². The fraction of sp³-hybridized carbons (Fsp3) is 0.529. The Morgan fingerprint density at radius 3 is 2.88 bits per heavy atom. The number of amides is 2. The molecule has 2 aliphatic heterocycles. The first-order chi connectivity index (χ1) is 23.8. The van der Waals surface area contributed by atoms with Gasteiger partial charge in [0.05, 0.1) is 23.9 Å². The number of ether oxygens (including phenoxy) is 2. The predicted octanol–water partition coefficient (Wildman–Crippen LogP) is 4.56. The van der Waals surface area contributed by atoms with Crippen LogP contribution in [-0.2, 0) is 23.0 Å². The van der Waals surface area contributed by atoms with Crippen LogP contribution in [0.25, 0.3) is 17.4 Å². The smallest absolute Gasteiger partial charge is 0.320 e. The minimum atomic E-state index is -0.436. The standard InChI is InChI=1S/C34H40N10O4S/c1-19(23-7-5-13-43(23)2)47-27-16-26(44-14-9-25(41-44)38-33(45)37-20-10-15-46-18-20)39-32(40-27)29-21-6-3-11-34(30(21)42-48-29)12-4-8-24-28(34)22(17-35)31(36)49-24/h9,14,16,19-20,23H,3-8,10-13,15,18,36H2,1-2H3,(H2,37,38,41,45)/t19-,20-,23-,34?/m0/s1. The number of nitrogens with zero attached hydrogens (tertiary/aromatic N) is 7. The first kappa shape index (κ1) is 31.7. The average molecular weight is 685 g/mol. The Hall–Kier alpha value is -4.52. The van der Waals surface area contributed by atoms with Crippen molar-refractivity contribution in [1.82, 2.24) is 35.1 Å². The zero-order chi connectivity index (χ0) is 33.7. The number of likely N-dealkylation sites (tertiary alicyclic amines) is 1. The molecule has 2 saturated heterocycles. The molecular weight excluding hydrogens is 645 g/mol. The summed E-state index contributed by atoms with van der Waals surface area (Å²) in [6.07, 6.45) is 9.84. The van der Waals surface area contributed by atoms with Gasteiger partial charge in [-0.15, -0.1) is 16.4 Å². The van der Waals surface area contributed by atoms with Crippen molar-refractivity contribution in [2.75, 3.05) is 37.9 Å². The summed E-state index contributed by atoms with van der Waals surface area (Å²) in [6.45, 7) is 4.23. The fourth-order valence-electron chi connectivity index (χ4n) is 8.23. The number of carbonyl (C=O) groups is 1. The summed E-state index contributed by atoms with van der Waals surface area (Å²) in [5.74, 6) is 2.05. The number of hydrogen-bond donors (Lipinski definition) is 3. The first-order valence-electron chi connectivity index (χ1n) is 17.1. The normalized spacial score (nSPS) is 23.9. The number of nitrogens with one attached hydrogen (secondary N) is 2. The third-order valence-electron chi connectivity index (χ3n) is 10.5. The van der Waals surface area contributed by atoms with E-state index in [4.69, 9.17) is 34.9 Å². The highest BCUT2D eigenvalue weighted by atomic mass is 32.1. The van der Waals surface area contributed by atoms with Crippen molar-refractivity contribution in [3.63, 3.8) is 0 Å². The largest absolute Gasteiger partial charge is 0.473 e. The molecule has 49 heavy (non-hydrogen) atoms. The summed E-state index contributed by atoms with van der Waals surface area (Å²) in [5.41, 5.74) is 9.33. The maximum absolute atomic E-state index is 12.6. The quantitative estimate of drug-likeness (QED) is 0.248. The van der Waals surface area contributed by atoms with Crippen molar-refractivity contribution in [2.45, 2.75) is 88.3 Å². The molecule has 0 aromatic carbocycles. The summed E-state index contributed by atoms with van der Waals surface area (Å²) in [6, 6.07) is 5.75. The Kier molecular flexibility index (Phi) is 8.25. The molecule has 1 unspecified atom stereocenters. The van der Waals surface area contributed by atoms with Crippen LogP contribution in [0.15, 0.2) is 22.9 Å². The number of aryl methyl sites for hydroxylation is 1. The van der Waals surface area contributed by atoms with E-state index in [1.807, 2.05) is 0 Å². The molecule has 4 N–H and O–H groups in total. The van der Waals surface area contributed by atoms with Gasteiger partial charge in [-0.05, 0) is 83.9 Å². The minimum absolute atomic E-state index is 0.0251. The van der Waals surface area contributed by atoms with Crippen LogP contribution in [-0.4, -0.2) is 80.8 Å². The van der Waals surface area contributed by atoms with Gasteiger partial charge in [-0.2, -0.15) is 10.2 Å². The third kappa shape index (κ3) is 5.71. The molecule has 0 bridgehead atoms. The maximum Gasteiger partial charge on any atom is 0.320 e. The molecule has 4 atom stereocenters. The zero-order valence-corrected chi connectivity index (χ0v) is 28.5. The Balaban J connectivity index is 1.16. The predicted molar refractivity (Wildman–Crippen MR) is 182 cm³/mol. The molecule has 14 nitrogen and oxygen atoms in total. The van der Waals surface area contributed by atoms with Gasteiger partial charge in [-0.3, -0.25) is 10.2 Å². The van der Waals surface area contributed by atoms with E-state index in [9.17, 15) is 10.1 Å². The summed E-state index contributed by atoms with van der Waals surface area (Å²) < 4.78 is 19.6. The lowest BCUT2D eigenvalue weighted by atomic mass is 9.62. The number of rotatable bonds is 7. The van der Waals surface area contributed by atoms with Gasteiger partial charge in [0.25, 0.3) is 0 Å². The molecule has 0 saturated carbocycles. The van der Waals surface area contributed by atoms with Crippen molar-refractivity contribution in [3.05, 3.63) is 45.6 Å². The van der Waals surface area contributed by atoms with E-state index in [0.29, 0.717) is 52.9 Å². The van der Waals surface area contributed by atoms with Gasteiger partial charge in [0.15, 0.2) is 11.6 Å². The molecule has 0 radical (unpaired) electrons. The third-order valence-corrected chi connectivity index (χ3v) is 11.6. The van der Waals surface area contributed by atoms with Crippen molar-refractivity contribution >= 4 is 28.2 Å². The number of nitrogens with two attached hydrogens (primary N) is 1. The summed E-state index contributed by atoms with van der Waals surface area (Å²) in [5, 5.41) is 25.7. The lowest BCUT2D eigenvalue weighted by molar-refractivity contribution is 0.117. The van der Waals surface area contributed by atoms with Gasteiger partial charge < -0.3 is 25.0 Å². The van der Waals surface area contributed by atoms with Crippen LogP contribution in [0.2, 0.25) is 0 Å². The fourth-order valence-corrected chi connectivity index (χ4v) is 9.39. The molecule has 6 heterocycles. The lowest BCUT2D eigenvalue weighted by Crippen LogP contribution is -2.38. The van der Waals surface area contributed by atoms with Gasteiger partial charge in [-0.25, -0.2) is 14.5 Å². The maximum atomic E-state index is 12.6. The zero-order valence-electron chi connectivity index (χ0n) is 27.7. The van der Waals surface area contributed by atoms with E-state index in [1.165, 1.54) is 16.2 Å². The van der Waals surface area contributed by atoms with Crippen LogP contribution in [0.1, 0.15) is 79.1 Å². The first-order valence-corrected chi connectivity index (χ1v) is 17.9. The van der Waals surface area contributed by atoms with Gasteiger partial charge in [0.2, 0.25) is 17.5 Å². The number of anilines is 2. The number of nitriles is 1. The van der Waals surface area contributed by atoms with E-state index < -0.39 is 5.41 Å². The summed E-state index contributed by atoms with van der Waals surface area (Å²) >= 11 is 1.52. The molecular formula is C34H40N10O4S. The lowest BCUT2D eigenvalue weighted by Gasteiger charge is -2.39. The van der Waals surface area contributed by atoms with Gasteiger partial charge in [-0.1, -0.05) is 5.16 Å². The molecule has 4 aromatic rings. The Morgan fingerprint density at radius 2 is 2.10 bits per heavy atom. The molecule has 2 aliphatic carbocycles. The van der Waals surface area contributed by atoms with Crippen LogP contribution in [0.4, 0.5) is 15.6 Å². The number of urea groups is 1. The highest BCUT2D eigenvalue weighted by Crippen LogP contribution is 2.54. The average Bonchev–Trinajstić information content (AvgIpc) is 3.92. The van der Waals surface area contributed by atoms with Gasteiger partial charge in [0.1, 0.15) is 17.2 Å². The summed E-state index contributed by atoms with van der Waals surface area (Å²) in [4.78, 5) is 25.9. The number of fused-ring (bicyclic) bond motifs is 4. The molecule has 2 amide bonds. The van der Waals surface area contributed by atoms with Crippen molar-refractivity contribution < 1.29 is 18.8 Å². The number of aromatic nitrogens is 5. The van der Waals surface area contributed by atoms with Crippen LogP contribution >= 0.6 is 11.3 Å². The van der Waals surface area contributed by atoms with Crippen molar-refractivity contribution in [1.29, 1.82) is 5.26 Å². The number of carbonyl (C=O) groups excluding carboxylic acids is 1. The number of nitrogen functional groups attached to an aromatic ring is 1. The van der Waals surface area contributed by atoms with E-state index in [-0.39, 0.29) is 24.2 Å². The molecule has 256 valence electrons. The molecule has 1 spiro atoms. The van der Waals surface area contributed by atoms with Crippen molar-refractivity contribution in [3.8, 4) is 29.4 Å². The van der Waals surface area contributed by atoms with E-state index >= 15 is 0 Å². The number of likely N-dealkylation sites (N-methyl/N-ethyl adjacent to an activating group) is 1. The Labute approximate surface area is 288 Å². The van der Waals surface area contributed by atoms with Crippen LogP contribution < -0.4 is 21.1 Å². The highest BCUT2D eigenvalue weighted by molar-refractivity contribution is 7.16. The molecule has 8 rings (SSSR count). The molecule has 4 aliphatic rings. The SMILES string of the molecule is C[C@H](Oc1cc(-n2ccc(NC(=O)N[C@H]3CCOC3)n2)nc(-c2onc3c2CCCC32CCCc3sc(N)c(C#N)c32)n1)[C@@H]1CCCN1C. The monoisotopic (exact) mass is 684 g/mol. The van der Waals surface area contributed by atoms with Gasteiger partial charge >= 0.3 is 6.03 Å². The van der Waals surface area contributed by atoms with Crippen LogP contribution in [0, 0.1) is 11.3 Å². The van der Waals surface area contributed by atoms with Crippen LogP contribution in [0.3, 0.4) is 0 Å². The second-order valence-corrected chi connectivity index (χ2v) is 14.7. The molecule has 15 heteroatoms. The molecule has 4 aromatic heterocycles. The van der Waals surface area contributed by atoms with Gasteiger partial charge in [0, 0.05) is 46.8 Å². The highest BCUT2D eigenvalue weighted by Gasteiger charge is 2.48. The number of thiophene rings is 1. The Bertz CT molecular complexity index is 1920. The second kappa shape index (κ2) is 12.7. The van der Waals surface area contributed by atoms with Crippen molar-refractivity contribution in [2.24, 2.45) is 0 Å². The topological polar surface area (TPSA) is 182 Å². The summed E-state index contributed by atoms with van der Waals surface area (Å²) in [7, 11) is 2.12. The van der Waals surface area contributed by atoms with E-state index in [1.54, 1.807) is 23.0 Å². The Morgan fingerprint density at radius 1 is 1.24 bits per heavy atom. The van der Waals surface area contributed by atoms with E-state index in [0.717, 1.165) is 81.2 Å². The second-order valence-electron chi connectivity index (χ2n) is 13.6. The van der Waals surface area contributed by atoms with Crippen LogP contribution in [0.5, 0.6) is 5.88 Å². The number of hydrogen-bond acceptors (Lipinski definition) is 12. The minimum Gasteiger partial charge on any atom is -0.473 e. The molecule has 2 fully saturated rings.